The second kappa shape index (κ2) is 8.62. The van der Waals surface area contributed by atoms with Gasteiger partial charge in [-0.25, -0.2) is 4.79 Å². The molecule has 6 nitrogen and oxygen atoms in total. The average Bonchev–Trinajstić information content (AvgIpc) is 3.32. The number of imide groups is 1. The Labute approximate surface area is 183 Å². The van der Waals surface area contributed by atoms with Crippen molar-refractivity contribution in [3.05, 3.63) is 88.1 Å². The topological polar surface area (TPSA) is 87.8 Å². The van der Waals surface area contributed by atoms with Crippen molar-refractivity contribution in [2.24, 2.45) is 0 Å². The highest BCUT2D eigenvalue weighted by Gasteiger charge is 2.33. The average molecular weight is 436 g/mol. The van der Waals surface area contributed by atoms with Gasteiger partial charge in [0.05, 0.1) is 17.0 Å². The molecule has 1 N–H and O–H groups in total. The number of aromatic carboxylic acids is 1. The highest BCUT2D eigenvalue weighted by atomic mass is 35.5. The summed E-state index contributed by atoms with van der Waals surface area (Å²) in [5, 5.41) is 9.36. The van der Waals surface area contributed by atoms with Crippen LogP contribution in [0.5, 0.6) is 0 Å². The van der Waals surface area contributed by atoms with Crippen LogP contribution < -0.4 is 0 Å². The van der Waals surface area contributed by atoms with Crippen LogP contribution in [-0.2, 0) is 16.0 Å². The number of rotatable bonds is 6. The van der Waals surface area contributed by atoms with Crippen LogP contribution in [0.2, 0.25) is 5.02 Å². The van der Waals surface area contributed by atoms with Gasteiger partial charge in [0.2, 0.25) is 5.91 Å². The minimum Gasteiger partial charge on any atom is -0.478 e. The van der Waals surface area contributed by atoms with Crippen molar-refractivity contribution in [1.82, 2.24) is 4.90 Å². The quantitative estimate of drug-likeness (QED) is 0.448. The molecule has 1 saturated heterocycles. The first-order valence-electron chi connectivity index (χ1n) is 9.64. The maximum Gasteiger partial charge on any atom is 0.337 e. The van der Waals surface area contributed by atoms with Crippen LogP contribution in [0, 0.1) is 0 Å². The summed E-state index contributed by atoms with van der Waals surface area (Å²) in [4.78, 5) is 37.6. The van der Waals surface area contributed by atoms with E-state index in [1.54, 1.807) is 24.3 Å². The van der Waals surface area contributed by atoms with Crippen LogP contribution in [0.1, 0.15) is 28.1 Å². The first-order valence-corrected chi connectivity index (χ1v) is 10.0. The van der Waals surface area contributed by atoms with E-state index in [1.165, 1.54) is 17.0 Å². The lowest BCUT2D eigenvalue weighted by molar-refractivity contribution is -0.137. The molecule has 0 saturated carbocycles. The number of likely N-dealkylation sites (tertiary alicyclic amines) is 1. The van der Waals surface area contributed by atoms with Crippen molar-refractivity contribution < 1.29 is 23.9 Å². The SMILES string of the molecule is O=C(O)c1cc(-c2ccc(/C=C3\CC(=O)N(CCc4ccccc4)C3=O)o2)ccc1Cl. The van der Waals surface area contributed by atoms with Gasteiger partial charge < -0.3 is 9.52 Å². The standard InChI is InChI=1S/C24H18ClNO5/c25-20-8-6-16(13-19(20)24(29)30)21-9-7-18(31-21)12-17-14-22(27)26(23(17)28)11-10-15-4-2-1-3-5-15/h1-9,12-13H,10-11,14H2,(H,29,30)/b17-12+. The molecule has 1 aliphatic heterocycles. The van der Waals surface area contributed by atoms with Crippen LogP contribution in [0.25, 0.3) is 17.4 Å². The van der Waals surface area contributed by atoms with Gasteiger partial charge in [-0.3, -0.25) is 14.5 Å². The molecule has 2 amide bonds. The van der Waals surface area contributed by atoms with Gasteiger partial charge in [-0.1, -0.05) is 41.9 Å². The number of furan rings is 1. The Morgan fingerprint density at radius 1 is 1.10 bits per heavy atom. The molecule has 1 aromatic heterocycles. The first kappa shape index (κ1) is 20.6. The number of carboxylic acid groups (broad SMARTS) is 1. The van der Waals surface area contributed by atoms with Gasteiger partial charge >= 0.3 is 5.97 Å². The van der Waals surface area contributed by atoms with Crippen molar-refractivity contribution in [1.29, 1.82) is 0 Å². The van der Waals surface area contributed by atoms with E-state index in [1.807, 2.05) is 30.3 Å². The third-order valence-electron chi connectivity index (χ3n) is 5.05. The first-order chi connectivity index (χ1) is 14.9. The van der Waals surface area contributed by atoms with E-state index in [9.17, 15) is 19.5 Å². The molecule has 7 heteroatoms. The van der Waals surface area contributed by atoms with Gasteiger partial charge in [0, 0.05) is 17.7 Å². The Balaban J connectivity index is 1.50. The van der Waals surface area contributed by atoms with E-state index in [-0.39, 0.29) is 28.8 Å². The lowest BCUT2D eigenvalue weighted by atomic mass is 10.1. The molecule has 0 spiro atoms. The maximum absolute atomic E-state index is 12.7. The summed E-state index contributed by atoms with van der Waals surface area (Å²) in [6.45, 7) is 0.325. The molecule has 0 bridgehead atoms. The van der Waals surface area contributed by atoms with Crippen LogP contribution in [0.15, 0.2) is 70.7 Å². The van der Waals surface area contributed by atoms with Crippen molar-refractivity contribution in [2.75, 3.05) is 6.54 Å². The van der Waals surface area contributed by atoms with Gasteiger partial charge in [-0.05, 0) is 48.4 Å². The lowest BCUT2D eigenvalue weighted by Crippen LogP contribution is -2.31. The van der Waals surface area contributed by atoms with E-state index in [2.05, 4.69) is 0 Å². The van der Waals surface area contributed by atoms with Crippen LogP contribution >= 0.6 is 11.6 Å². The van der Waals surface area contributed by atoms with E-state index in [4.69, 9.17) is 16.0 Å². The van der Waals surface area contributed by atoms with E-state index in [0.717, 1.165) is 5.56 Å². The van der Waals surface area contributed by atoms with Gasteiger partial charge in [0.1, 0.15) is 11.5 Å². The van der Waals surface area contributed by atoms with Crippen molar-refractivity contribution >= 4 is 35.5 Å². The monoisotopic (exact) mass is 435 g/mol. The Morgan fingerprint density at radius 3 is 2.61 bits per heavy atom. The number of nitrogens with zero attached hydrogens (tertiary/aromatic N) is 1. The molecule has 0 radical (unpaired) electrons. The minimum atomic E-state index is -1.13. The largest absolute Gasteiger partial charge is 0.478 e. The highest BCUT2D eigenvalue weighted by Crippen LogP contribution is 2.29. The van der Waals surface area contributed by atoms with Gasteiger partial charge in [0.25, 0.3) is 5.91 Å². The zero-order chi connectivity index (χ0) is 22.0. The third kappa shape index (κ3) is 4.44. The fourth-order valence-electron chi connectivity index (χ4n) is 3.44. The van der Waals surface area contributed by atoms with Crippen LogP contribution in [0.4, 0.5) is 0 Å². The van der Waals surface area contributed by atoms with Gasteiger partial charge in [0.15, 0.2) is 0 Å². The normalized spacial score (nSPS) is 15.1. The Morgan fingerprint density at radius 2 is 1.87 bits per heavy atom. The summed E-state index contributed by atoms with van der Waals surface area (Å²) in [5.41, 5.74) is 1.94. The third-order valence-corrected chi connectivity index (χ3v) is 5.38. The zero-order valence-corrected chi connectivity index (χ0v) is 17.1. The fourth-order valence-corrected chi connectivity index (χ4v) is 3.64. The van der Waals surface area contributed by atoms with Crippen LogP contribution in [0.3, 0.4) is 0 Å². The summed E-state index contributed by atoms with van der Waals surface area (Å²) >= 11 is 5.91. The van der Waals surface area contributed by atoms with Crippen molar-refractivity contribution in [3.8, 4) is 11.3 Å². The Bertz CT molecular complexity index is 1200. The molecule has 0 aliphatic carbocycles. The maximum atomic E-state index is 12.7. The molecule has 1 aliphatic rings. The molecule has 2 heterocycles. The molecular weight excluding hydrogens is 418 g/mol. The van der Waals surface area contributed by atoms with E-state index in [0.29, 0.717) is 35.6 Å². The number of carboxylic acids is 1. The summed E-state index contributed by atoms with van der Waals surface area (Å²) < 4.78 is 5.76. The zero-order valence-electron chi connectivity index (χ0n) is 16.4. The Kier molecular flexibility index (Phi) is 5.73. The molecule has 4 rings (SSSR count). The second-order valence-corrected chi connectivity index (χ2v) is 7.54. The molecular formula is C24H18ClNO5. The summed E-state index contributed by atoms with van der Waals surface area (Å²) in [5.74, 6) is -0.848. The molecule has 156 valence electrons. The number of amides is 2. The van der Waals surface area contributed by atoms with Crippen molar-refractivity contribution in [2.45, 2.75) is 12.8 Å². The molecule has 2 aromatic carbocycles. The molecule has 0 unspecified atom stereocenters. The number of carbonyl (C=O) groups is 3. The summed E-state index contributed by atoms with van der Waals surface area (Å²) in [6.07, 6.45) is 2.17. The number of hydrogen-bond donors (Lipinski definition) is 1. The van der Waals surface area contributed by atoms with Crippen LogP contribution in [-0.4, -0.2) is 34.3 Å². The summed E-state index contributed by atoms with van der Waals surface area (Å²) in [7, 11) is 0. The predicted molar refractivity (Wildman–Crippen MR) is 116 cm³/mol. The molecule has 1 fully saturated rings. The lowest BCUT2D eigenvalue weighted by Gasteiger charge is -2.13. The second-order valence-electron chi connectivity index (χ2n) is 7.13. The summed E-state index contributed by atoms with van der Waals surface area (Å²) in [6, 6.07) is 17.6. The molecule has 0 atom stereocenters. The number of carbonyl (C=O) groups excluding carboxylic acids is 2. The van der Waals surface area contributed by atoms with E-state index < -0.39 is 5.97 Å². The van der Waals surface area contributed by atoms with E-state index >= 15 is 0 Å². The minimum absolute atomic E-state index is 0.0216. The number of halogens is 1. The van der Waals surface area contributed by atoms with Crippen molar-refractivity contribution in [3.63, 3.8) is 0 Å². The molecule has 31 heavy (non-hydrogen) atoms. The fraction of sp³-hybridized carbons (Fsp3) is 0.125. The number of hydrogen-bond acceptors (Lipinski definition) is 4. The molecule has 3 aromatic rings. The Hall–Kier alpha value is -3.64. The predicted octanol–water partition coefficient (Wildman–Crippen LogP) is 4.68. The smallest absolute Gasteiger partial charge is 0.337 e. The number of benzene rings is 2. The van der Waals surface area contributed by atoms with Gasteiger partial charge in [-0.2, -0.15) is 0 Å². The highest BCUT2D eigenvalue weighted by molar-refractivity contribution is 6.33. The van der Waals surface area contributed by atoms with Gasteiger partial charge in [-0.15, -0.1) is 0 Å².